The average Bonchev–Trinajstić information content (AvgIpc) is 2.17. The summed E-state index contributed by atoms with van der Waals surface area (Å²) < 4.78 is 31.5. The summed E-state index contributed by atoms with van der Waals surface area (Å²) in [5.41, 5.74) is 6.00. The van der Waals surface area contributed by atoms with Gasteiger partial charge in [0.2, 0.25) is 0 Å². The van der Waals surface area contributed by atoms with Crippen molar-refractivity contribution < 1.29 is 13.5 Å². The quantitative estimate of drug-likeness (QED) is 0.718. The molecule has 0 radical (unpaired) electrons. The molecule has 0 aromatic heterocycles. The van der Waals surface area contributed by atoms with E-state index in [0.717, 1.165) is 12.1 Å². The van der Waals surface area contributed by atoms with Crippen molar-refractivity contribution in [2.24, 2.45) is 0 Å². The van der Waals surface area contributed by atoms with Crippen LogP contribution in [0.4, 0.5) is 20.2 Å². The van der Waals surface area contributed by atoms with Gasteiger partial charge in [-0.15, -0.1) is 0 Å². The highest BCUT2D eigenvalue weighted by atomic mass is 19.1. The van der Waals surface area contributed by atoms with Crippen LogP contribution in [-0.2, 0) is 4.74 Å². The number of hydrogen-bond acceptors (Lipinski definition) is 3. The first-order chi connectivity index (χ1) is 7.18. The molecule has 1 aliphatic rings. The second-order valence-corrected chi connectivity index (χ2v) is 3.42. The lowest BCUT2D eigenvalue weighted by Gasteiger charge is -2.30. The van der Waals surface area contributed by atoms with E-state index in [1.54, 1.807) is 4.90 Å². The van der Waals surface area contributed by atoms with Gasteiger partial charge in [-0.25, -0.2) is 8.78 Å². The smallest absolute Gasteiger partial charge is 0.151 e. The SMILES string of the molecule is Nc1cc(F)cc(F)c1N1CCOCC1. The molecule has 3 nitrogen and oxygen atoms in total. The third-order valence-electron chi connectivity index (χ3n) is 2.38. The summed E-state index contributed by atoms with van der Waals surface area (Å²) in [5, 5.41) is 0. The second kappa shape index (κ2) is 4.02. The van der Waals surface area contributed by atoms with E-state index in [0.29, 0.717) is 26.3 Å². The van der Waals surface area contributed by atoms with Gasteiger partial charge >= 0.3 is 0 Å². The molecule has 15 heavy (non-hydrogen) atoms. The number of rotatable bonds is 1. The number of morpholine rings is 1. The van der Waals surface area contributed by atoms with Crippen molar-refractivity contribution in [3.8, 4) is 0 Å². The zero-order chi connectivity index (χ0) is 10.8. The summed E-state index contributed by atoms with van der Waals surface area (Å²) in [6.07, 6.45) is 0. The van der Waals surface area contributed by atoms with Gasteiger partial charge in [-0.05, 0) is 6.07 Å². The summed E-state index contributed by atoms with van der Waals surface area (Å²) in [6, 6.07) is 1.98. The minimum absolute atomic E-state index is 0.134. The number of halogens is 2. The minimum Gasteiger partial charge on any atom is -0.397 e. The molecule has 1 aromatic rings. The molecule has 1 aromatic carbocycles. The minimum atomic E-state index is -0.651. The van der Waals surface area contributed by atoms with E-state index in [4.69, 9.17) is 10.5 Å². The van der Waals surface area contributed by atoms with Gasteiger partial charge in [0.15, 0.2) is 5.82 Å². The van der Waals surface area contributed by atoms with Crippen LogP contribution >= 0.6 is 0 Å². The van der Waals surface area contributed by atoms with Crippen LogP contribution in [0.3, 0.4) is 0 Å². The molecule has 0 unspecified atom stereocenters. The van der Waals surface area contributed by atoms with Crippen molar-refractivity contribution in [1.29, 1.82) is 0 Å². The van der Waals surface area contributed by atoms with E-state index >= 15 is 0 Å². The highest BCUT2D eigenvalue weighted by molar-refractivity contribution is 5.68. The van der Waals surface area contributed by atoms with Crippen LogP contribution in [0.15, 0.2) is 12.1 Å². The highest BCUT2D eigenvalue weighted by Crippen LogP contribution is 2.28. The van der Waals surface area contributed by atoms with Gasteiger partial charge in [-0.1, -0.05) is 0 Å². The van der Waals surface area contributed by atoms with Crippen LogP contribution in [-0.4, -0.2) is 26.3 Å². The molecule has 0 spiro atoms. The Morgan fingerprint density at radius 2 is 1.87 bits per heavy atom. The summed E-state index contributed by atoms with van der Waals surface area (Å²) in [5.74, 6) is -1.27. The van der Waals surface area contributed by atoms with Gasteiger partial charge in [0.25, 0.3) is 0 Å². The maximum atomic E-state index is 13.5. The number of anilines is 2. The van der Waals surface area contributed by atoms with Crippen LogP contribution in [0.5, 0.6) is 0 Å². The number of hydrogen-bond donors (Lipinski definition) is 1. The summed E-state index contributed by atoms with van der Waals surface area (Å²) in [7, 11) is 0. The van der Waals surface area contributed by atoms with Crippen LogP contribution in [0.25, 0.3) is 0 Å². The zero-order valence-corrected chi connectivity index (χ0v) is 8.17. The fraction of sp³-hybridized carbons (Fsp3) is 0.400. The number of benzene rings is 1. The topological polar surface area (TPSA) is 38.5 Å². The average molecular weight is 214 g/mol. The molecule has 5 heteroatoms. The molecule has 82 valence electrons. The van der Waals surface area contributed by atoms with Gasteiger partial charge in [-0.2, -0.15) is 0 Å². The number of nitrogen functional groups attached to an aromatic ring is 1. The predicted molar refractivity (Wildman–Crippen MR) is 53.8 cm³/mol. The van der Waals surface area contributed by atoms with E-state index < -0.39 is 11.6 Å². The maximum Gasteiger partial charge on any atom is 0.151 e. The molecule has 2 rings (SSSR count). The summed E-state index contributed by atoms with van der Waals surface area (Å²) in [4.78, 5) is 1.77. The van der Waals surface area contributed by atoms with Gasteiger partial charge in [0.1, 0.15) is 5.82 Å². The maximum absolute atomic E-state index is 13.5. The molecule has 1 heterocycles. The first-order valence-electron chi connectivity index (χ1n) is 4.75. The van der Waals surface area contributed by atoms with Gasteiger partial charge in [-0.3, -0.25) is 0 Å². The Morgan fingerprint density at radius 3 is 2.47 bits per heavy atom. The molecule has 1 fully saturated rings. The van der Waals surface area contributed by atoms with Crippen molar-refractivity contribution in [3.05, 3.63) is 23.8 Å². The zero-order valence-electron chi connectivity index (χ0n) is 8.17. The lowest BCUT2D eigenvalue weighted by atomic mass is 10.2. The van der Waals surface area contributed by atoms with Crippen molar-refractivity contribution in [2.45, 2.75) is 0 Å². The predicted octanol–water partition coefficient (Wildman–Crippen LogP) is 1.38. The Hall–Kier alpha value is -1.36. The number of ether oxygens (including phenoxy) is 1. The van der Waals surface area contributed by atoms with Crippen molar-refractivity contribution >= 4 is 11.4 Å². The molecular formula is C10H12F2N2O. The summed E-state index contributed by atoms with van der Waals surface area (Å²) >= 11 is 0. The molecule has 0 aliphatic carbocycles. The van der Waals surface area contributed by atoms with Crippen LogP contribution in [0, 0.1) is 11.6 Å². The summed E-state index contributed by atoms with van der Waals surface area (Å²) in [6.45, 7) is 2.23. The first kappa shape index (κ1) is 10.2. The molecular weight excluding hydrogens is 202 g/mol. The normalized spacial score (nSPS) is 16.8. The van der Waals surface area contributed by atoms with Crippen LogP contribution < -0.4 is 10.6 Å². The van der Waals surface area contributed by atoms with Crippen molar-refractivity contribution in [1.82, 2.24) is 0 Å². The molecule has 0 bridgehead atoms. The second-order valence-electron chi connectivity index (χ2n) is 3.42. The van der Waals surface area contributed by atoms with Crippen LogP contribution in [0.2, 0.25) is 0 Å². The van der Waals surface area contributed by atoms with E-state index in [9.17, 15) is 8.78 Å². The standard InChI is InChI=1S/C10H12F2N2O/c11-7-5-8(12)10(9(13)6-7)14-1-3-15-4-2-14/h5-6H,1-4,13H2. The van der Waals surface area contributed by atoms with Crippen LogP contribution in [0.1, 0.15) is 0 Å². The molecule has 1 aliphatic heterocycles. The van der Waals surface area contributed by atoms with Gasteiger partial charge in [0.05, 0.1) is 24.6 Å². The van der Waals surface area contributed by atoms with E-state index in [2.05, 4.69) is 0 Å². The molecule has 0 atom stereocenters. The van der Waals surface area contributed by atoms with Crippen molar-refractivity contribution in [3.63, 3.8) is 0 Å². The Labute approximate surface area is 86.4 Å². The molecule has 0 amide bonds. The highest BCUT2D eigenvalue weighted by Gasteiger charge is 2.18. The third kappa shape index (κ3) is 2.02. The Bertz CT molecular complexity index is 341. The lowest BCUT2D eigenvalue weighted by molar-refractivity contribution is 0.122. The van der Waals surface area contributed by atoms with E-state index in [-0.39, 0.29) is 11.4 Å². The molecule has 2 N–H and O–H groups in total. The fourth-order valence-corrected chi connectivity index (χ4v) is 1.71. The van der Waals surface area contributed by atoms with Gasteiger partial charge < -0.3 is 15.4 Å². The van der Waals surface area contributed by atoms with Gasteiger partial charge in [0, 0.05) is 19.2 Å². The fourth-order valence-electron chi connectivity index (χ4n) is 1.71. The molecule has 0 saturated carbocycles. The Balaban J connectivity index is 2.33. The Morgan fingerprint density at radius 1 is 1.20 bits per heavy atom. The van der Waals surface area contributed by atoms with E-state index in [1.165, 1.54) is 0 Å². The number of nitrogens with two attached hydrogens (primary N) is 1. The first-order valence-corrected chi connectivity index (χ1v) is 4.75. The lowest BCUT2D eigenvalue weighted by Crippen LogP contribution is -2.37. The Kier molecular flexibility index (Phi) is 2.73. The molecule has 1 saturated heterocycles. The third-order valence-corrected chi connectivity index (χ3v) is 2.38. The largest absolute Gasteiger partial charge is 0.397 e. The van der Waals surface area contributed by atoms with E-state index in [1.807, 2.05) is 0 Å². The van der Waals surface area contributed by atoms with Crippen molar-refractivity contribution in [2.75, 3.05) is 36.9 Å². The number of nitrogens with zero attached hydrogens (tertiary/aromatic N) is 1. The monoisotopic (exact) mass is 214 g/mol.